The van der Waals surface area contributed by atoms with Crippen LogP contribution in [0.1, 0.15) is 30.8 Å². The van der Waals surface area contributed by atoms with E-state index in [1.165, 1.54) is 0 Å². The lowest BCUT2D eigenvalue weighted by molar-refractivity contribution is 0.580. The summed E-state index contributed by atoms with van der Waals surface area (Å²) in [4.78, 5) is 13.3. The fourth-order valence-electron chi connectivity index (χ4n) is 1.85. The molecule has 2 heterocycles. The van der Waals surface area contributed by atoms with Crippen molar-refractivity contribution in [2.45, 2.75) is 40.3 Å². The number of nitrogens with zero attached hydrogens (tertiary/aromatic N) is 3. The van der Waals surface area contributed by atoms with E-state index in [0.29, 0.717) is 6.04 Å². The summed E-state index contributed by atoms with van der Waals surface area (Å²) in [6, 6.07) is 4.44. The van der Waals surface area contributed by atoms with E-state index in [9.17, 15) is 0 Å². The van der Waals surface area contributed by atoms with Gasteiger partial charge in [0.25, 0.3) is 0 Å². The van der Waals surface area contributed by atoms with Crippen LogP contribution < -0.4 is 5.32 Å². The smallest absolute Gasteiger partial charge is 0.161 e. The predicted octanol–water partition coefficient (Wildman–Crippen LogP) is 2.65. The van der Waals surface area contributed by atoms with Gasteiger partial charge in [-0.2, -0.15) is 0 Å². The molecule has 0 saturated heterocycles. The highest BCUT2D eigenvalue weighted by Gasteiger charge is 2.08. The van der Waals surface area contributed by atoms with E-state index in [2.05, 4.69) is 41.0 Å². The molecule has 0 fully saturated rings. The Balaban J connectivity index is 2.34. The molecule has 2 aromatic rings. The third-order valence-electron chi connectivity index (χ3n) is 2.88. The summed E-state index contributed by atoms with van der Waals surface area (Å²) in [7, 11) is 0. The van der Waals surface area contributed by atoms with Crippen molar-refractivity contribution in [3.05, 3.63) is 41.5 Å². The maximum Gasteiger partial charge on any atom is 0.161 e. The minimum absolute atomic E-state index is 0.443. The second-order valence-corrected chi connectivity index (χ2v) is 5.05. The van der Waals surface area contributed by atoms with Gasteiger partial charge in [0.1, 0.15) is 0 Å². The molecule has 0 aliphatic heterocycles. The van der Waals surface area contributed by atoms with E-state index in [0.717, 1.165) is 34.9 Å². The Bertz CT molecular complexity index is 564. The van der Waals surface area contributed by atoms with Gasteiger partial charge in [0, 0.05) is 36.2 Å². The summed E-state index contributed by atoms with van der Waals surface area (Å²) in [6.45, 7) is 9.05. The Labute approximate surface area is 114 Å². The second kappa shape index (κ2) is 5.89. The molecule has 0 radical (unpaired) electrons. The predicted molar refractivity (Wildman–Crippen MR) is 76.7 cm³/mol. The first-order chi connectivity index (χ1) is 9.06. The number of pyridine rings is 1. The van der Waals surface area contributed by atoms with Crippen LogP contribution in [0.2, 0.25) is 0 Å². The average Bonchev–Trinajstić information content (AvgIpc) is 2.36. The van der Waals surface area contributed by atoms with Crippen molar-refractivity contribution in [1.82, 2.24) is 20.3 Å². The fraction of sp³-hybridized carbons (Fsp3) is 0.400. The molecule has 4 nitrogen and oxygen atoms in total. The van der Waals surface area contributed by atoms with Gasteiger partial charge in [-0.05, 0) is 31.5 Å². The molecule has 2 rings (SSSR count). The molecule has 0 atom stereocenters. The van der Waals surface area contributed by atoms with E-state index in [1.807, 2.05) is 25.3 Å². The van der Waals surface area contributed by atoms with Crippen LogP contribution in [0.15, 0.2) is 24.5 Å². The van der Waals surface area contributed by atoms with Crippen LogP contribution in [0.25, 0.3) is 11.4 Å². The monoisotopic (exact) mass is 256 g/mol. The average molecular weight is 256 g/mol. The molecule has 0 bridgehead atoms. The molecule has 1 N–H and O–H groups in total. The molecule has 0 unspecified atom stereocenters. The topological polar surface area (TPSA) is 50.7 Å². The zero-order valence-corrected chi connectivity index (χ0v) is 11.9. The van der Waals surface area contributed by atoms with E-state index >= 15 is 0 Å². The molecule has 0 saturated carbocycles. The van der Waals surface area contributed by atoms with E-state index in [-0.39, 0.29) is 0 Å². The highest BCUT2D eigenvalue weighted by molar-refractivity contribution is 5.58. The Morgan fingerprint density at radius 1 is 1.21 bits per heavy atom. The van der Waals surface area contributed by atoms with E-state index in [4.69, 9.17) is 0 Å². The highest BCUT2D eigenvalue weighted by Crippen LogP contribution is 2.18. The number of rotatable bonds is 4. The normalized spacial score (nSPS) is 11.0. The zero-order valence-electron chi connectivity index (χ0n) is 11.9. The summed E-state index contributed by atoms with van der Waals surface area (Å²) >= 11 is 0. The van der Waals surface area contributed by atoms with Crippen molar-refractivity contribution >= 4 is 0 Å². The summed E-state index contributed by atoms with van der Waals surface area (Å²) < 4.78 is 0. The molecule has 4 heteroatoms. The molecule has 0 aromatic carbocycles. The number of aromatic nitrogens is 3. The van der Waals surface area contributed by atoms with E-state index < -0.39 is 0 Å². The first kappa shape index (κ1) is 13.6. The van der Waals surface area contributed by atoms with Crippen LogP contribution in [-0.4, -0.2) is 21.0 Å². The van der Waals surface area contributed by atoms with Crippen molar-refractivity contribution in [2.24, 2.45) is 0 Å². The fourth-order valence-corrected chi connectivity index (χ4v) is 1.85. The highest BCUT2D eigenvalue weighted by atomic mass is 15.0. The van der Waals surface area contributed by atoms with Gasteiger partial charge in [0.05, 0.1) is 5.69 Å². The zero-order chi connectivity index (χ0) is 13.8. The Hall–Kier alpha value is -1.81. The van der Waals surface area contributed by atoms with Gasteiger partial charge in [0.2, 0.25) is 0 Å². The maximum absolute atomic E-state index is 4.62. The Morgan fingerprint density at radius 2 is 2.00 bits per heavy atom. The third kappa shape index (κ3) is 3.58. The minimum Gasteiger partial charge on any atom is -0.309 e. The summed E-state index contributed by atoms with van der Waals surface area (Å²) in [5, 5.41) is 3.38. The van der Waals surface area contributed by atoms with Gasteiger partial charge in [-0.3, -0.25) is 4.98 Å². The maximum atomic E-state index is 4.62. The number of aryl methyl sites for hydroxylation is 2. The van der Waals surface area contributed by atoms with Gasteiger partial charge >= 0.3 is 0 Å². The molecule has 0 aliphatic rings. The third-order valence-corrected chi connectivity index (χ3v) is 2.88. The molecule has 0 amide bonds. The van der Waals surface area contributed by atoms with Crippen LogP contribution >= 0.6 is 0 Å². The van der Waals surface area contributed by atoms with Crippen molar-refractivity contribution in [3.63, 3.8) is 0 Å². The number of hydrogen-bond donors (Lipinski definition) is 1. The van der Waals surface area contributed by atoms with Crippen LogP contribution in [0.4, 0.5) is 0 Å². The van der Waals surface area contributed by atoms with Crippen molar-refractivity contribution < 1.29 is 0 Å². The SMILES string of the molecule is Cc1cc(CNC(C)C)nc(-c2cnccc2C)n1. The molecular weight excluding hydrogens is 236 g/mol. The summed E-state index contributed by atoms with van der Waals surface area (Å²) in [5.41, 5.74) is 4.13. The van der Waals surface area contributed by atoms with Crippen LogP contribution in [0.3, 0.4) is 0 Å². The van der Waals surface area contributed by atoms with Crippen molar-refractivity contribution in [1.29, 1.82) is 0 Å². The summed E-state index contributed by atoms with van der Waals surface area (Å²) in [6.07, 6.45) is 3.61. The van der Waals surface area contributed by atoms with Crippen molar-refractivity contribution in [2.75, 3.05) is 0 Å². The van der Waals surface area contributed by atoms with Gasteiger partial charge in [-0.1, -0.05) is 13.8 Å². The Morgan fingerprint density at radius 3 is 2.68 bits per heavy atom. The quantitative estimate of drug-likeness (QED) is 0.913. The molecule has 0 aliphatic carbocycles. The number of nitrogens with one attached hydrogen (secondary N) is 1. The lowest BCUT2D eigenvalue weighted by Gasteiger charge is -2.10. The number of hydrogen-bond acceptors (Lipinski definition) is 4. The van der Waals surface area contributed by atoms with Crippen LogP contribution in [0.5, 0.6) is 0 Å². The first-order valence-electron chi connectivity index (χ1n) is 6.55. The Kier molecular flexibility index (Phi) is 4.22. The largest absolute Gasteiger partial charge is 0.309 e. The standard InChI is InChI=1S/C15H20N4/c1-10(2)17-8-13-7-12(4)18-15(19-13)14-9-16-6-5-11(14)3/h5-7,9-10,17H,8H2,1-4H3. The van der Waals surface area contributed by atoms with Gasteiger partial charge in [-0.15, -0.1) is 0 Å². The minimum atomic E-state index is 0.443. The second-order valence-electron chi connectivity index (χ2n) is 5.05. The lowest BCUT2D eigenvalue weighted by Crippen LogP contribution is -2.22. The molecule has 0 spiro atoms. The lowest BCUT2D eigenvalue weighted by atomic mass is 10.1. The molecule has 2 aromatic heterocycles. The molecule has 100 valence electrons. The summed E-state index contributed by atoms with van der Waals surface area (Å²) in [5.74, 6) is 0.756. The van der Waals surface area contributed by atoms with E-state index in [1.54, 1.807) is 6.20 Å². The van der Waals surface area contributed by atoms with Crippen LogP contribution in [0, 0.1) is 13.8 Å². The van der Waals surface area contributed by atoms with Gasteiger partial charge in [0.15, 0.2) is 5.82 Å². The van der Waals surface area contributed by atoms with Crippen LogP contribution in [-0.2, 0) is 6.54 Å². The van der Waals surface area contributed by atoms with Crippen molar-refractivity contribution in [3.8, 4) is 11.4 Å². The van der Waals surface area contributed by atoms with Gasteiger partial charge < -0.3 is 5.32 Å². The van der Waals surface area contributed by atoms with Gasteiger partial charge in [-0.25, -0.2) is 9.97 Å². The molecular formula is C15H20N4. The first-order valence-corrected chi connectivity index (χ1v) is 6.55. The molecule has 19 heavy (non-hydrogen) atoms.